The first kappa shape index (κ1) is 27.0. The van der Waals surface area contributed by atoms with E-state index in [4.69, 9.17) is 25.7 Å². The molecule has 2 fully saturated rings. The van der Waals surface area contributed by atoms with Crippen molar-refractivity contribution in [2.75, 3.05) is 37.9 Å². The van der Waals surface area contributed by atoms with E-state index >= 15 is 0 Å². The number of nitrogens with one attached hydrogen (secondary N) is 1. The molecule has 1 aromatic heterocycles. The predicted octanol–water partition coefficient (Wildman–Crippen LogP) is 4.34. The number of anilines is 2. The molecule has 0 bridgehead atoms. The fourth-order valence-corrected chi connectivity index (χ4v) is 5.75. The SMILES string of the molecule is COc1cc2nc(C)nc(NC(C)c3cc(C)cc(N)c3)c2cc1OC(=O)N1CCC2(CC1)COC(C)C2N. The lowest BCUT2D eigenvalue weighted by Crippen LogP contribution is -2.52. The minimum absolute atomic E-state index is 0.0238. The van der Waals surface area contributed by atoms with Crippen molar-refractivity contribution in [3.63, 3.8) is 0 Å². The van der Waals surface area contributed by atoms with Crippen LogP contribution in [0.25, 0.3) is 10.9 Å². The standard InChI is InChI=1S/C29H38N6O4/c1-16-10-20(12-21(30)11-16)17(2)32-27-22-13-25(24(37-5)14-23(22)33-19(4)34-27)39-28(36)35-8-6-29(7-9-35)15-38-18(3)26(29)31/h10-14,17-18,26H,6-9,15,30-31H2,1-5H3,(H,32,33,34). The van der Waals surface area contributed by atoms with Crippen LogP contribution in [0.2, 0.25) is 0 Å². The van der Waals surface area contributed by atoms with Crippen molar-refractivity contribution in [2.24, 2.45) is 11.1 Å². The molecular weight excluding hydrogens is 496 g/mol. The Balaban J connectivity index is 1.38. The van der Waals surface area contributed by atoms with Gasteiger partial charge in [0.2, 0.25) is 0 Å². The molecule has 2 aliphatic rings. The number of benzene rings is 2. The van der Waals surface area contributed by atoms with Gasteiger partial charge in [0.25, 0.3) is 0 Å². The zero-order valence-corrected chi connectivity index (χ0v) is 23.3. The number of piperidine rings is 1. The predicted molar refractivity (Wildman–Crippen MR) is 151 cm³/mol. The molecule has 5 rings (SSSR count). The molecule has 10 heteroatoms. The Bertz CT molecular complexity index is 1370. The van der Waals surface area contributed by atoms with Crippen molar-refractivity contribution in [3.05, 3.63) is 47.3 Å². The zero-order valence-electron chi connectivity index (χ0n) is 23.3. The molecular formula is C29H38N6O4. The van der Waals surface area contributed by atoms with Gasteiger partial charge in [-0.15, -0.1) is 0 Å². The Hall–Kier alpha value is -3.63. The third-order valence-corrected chi connectivity index (χ3v) is 8.13. The zero-order chi connectivity index (χ0) is 27.9. The number of rotatable bonds is 5. The fourth-order valence-electron chi connectivity index (χ4n) is 5.75. The van der Waals surface area contributed by atoms with E-state index in [1.807, 2.05) is 39.8 Å². The number of ether oxygens (including phenoxy) is 3. The molecule has 3 atom stereocenters. The maximum absolute atomic E-state index is 13.2. The highest BCUT2D eigenvalue weighted by molar-refractivity contribution is 5.92. The molecule has 2 saturated heterocycles. The van der Waals surface area contributed by atoms with Crippen LogP contribution in [0.15, 0.2) is 30.3 Å². The molecule has 3 aromatic rings. The summed E-state index contributed by atoms with van der Waals surface area (Å²) in [4.78, 5) is 24.2. The highest BCUT2D eigenvalue weighted by Crippen LogP contribution is 2.42. The van der Waals surface area contributed by atoms with Gasteiger partial charge in [0, 0.05) is 41.7 Å². The number of carbonyl (C=O) groups is 1. The monoisotopic (exact) mass is 534 g/mol. The molecule has 39 heavy (non-hydrogen) atoms. The minimum atomic E-state index is -0.422. The smallest absolute Gasteiger partial charge is 0.415 e. The van der Waals surface area contributed by atoms with Gasteiger partial charge in [-0.2, -0.15) is 0 Å². The molecule has 2 aliphatic heterocycles. The van der Waals surface area contributed by atoms with Crippen molar-refractivity contribution in [1.29, 1.82) is 0 Å². The van der Waals surface area contributed by atoms with Gasteiger partial charge in [0.15, 0.2) is 11.5 Å². The Morgan fingerprint density at radius 1 is 1.15 bits per heavy atom. The van der Waals surface area contributed by atoms with E-state index in [2.05, 4.69) is 21.4 Å². The van der Waals surface area contributed by atoms with Crippen molar-refractivity contribution in [2.45, 2.75) is 58.7 Å². The molecule has 208 valence electrons. The van der Waals surface area contributed by atoms with E-state index in [0.717, 1.165) is 29.4 Å². The number of aryl methyl sites for hydroxylation is 2. The van der Waals surface area contributed by atoms with Gasteiger partial charge in [-0.3, -0.25) is 0 Å². The molecule has 0 aliphatic carbocycles. The Labute approximate surface area is 229 Å². The highest BCUT2D eigenvalue weighted by Gasteiger charge is 2.48. The van der Waals surface area contributed by atoms with E-state index < -0.39 is 6.09 Å². The van der Waals surface area contributed by atoms with Crippen LogP contribution < -0.4 is 26.3 Å². The number of nitrogens with two attached hydrogens (primary N) is 2. The van der Waals surface area contributed by atoms with Crippen molar-refractivity contribution >= 4 is 28.5 Å². The average Bonchev–Trinajstić information content (AvgIpc) is 3.16. The van der Waals surface area contributed by atoms with Crippen LogP contribution in [0.5, 0.6) is 11.5 Å². The second kappa shape index (κ2) is 10.5. The number of aromatic nitrogens is 2. The molecule has 5 N–H and O–H groups in total. The summed E-state index contributed by atoms with van der Waals surface area (Å²) in [5.41, 5.74) is 16.0. The third kappa shape index (κ3) is 5.31. The van der Waals surface area contributed by atoms with Gasteiger partial charge in [0.1, 0.15) is 11.6 Å². The van der Waals surface area contributed by atoms with Crippen LogP contribution in [-0.4, -0.2) is 59.9 Å². The summed E-state index contributed by atoms with van der Waals surface area (Å²) in [6, 6.07) is 9.41. The quantitative estimate of drug-likeness (QED) is 0.408. The molecule has 0 radical (unpaired) electrons. The van der Waals surface area contributed by atoms with Gasteiger partial charge in [-0.25, -0.2) is 14.8 Å². The van der Waals surface area contributed by atoms with E-state index in [1.165, 1.54) is 0 Å². The lowest BCUT2D eigenvalue weighted by Gasteiger charge is -2.40. The van der Waals surface area contributed by atoms with Gasteiger partial charge < -0.3 is 35.9 Å². The molecule has 10 nitrogen and oxygen atoms in total. The van der Waals surface area contributed by atoms with E-state index in [9.17, 15) is 4.79 Å². The fraction of sp³-hybridized carbons (Fsp3) is 0.483. The number of nitrogen functional groups attached to an aromatic ring is 1. The van der Waals surface area contributed by atoms with Crippen LogP contribution in [0.3, 0.4) is 0 Å². The lowest BCUT2D eigenvalue weighted by atomic mass is 9.73. The summed E-state index contributed by atoms with van der Waals surface area (Å²) in [5.74, 6) is 1.98. The summed E-state index contributed by atoms with van der Waals surface area (Å²) >= 11 is 0. The summed E-state index contributed by atoms with van der Waals surface area (Å²) < 4.78 is 17.3. The highest BCUT2D eigenvalue weighted by atomic mass is 16.6. The number of carbonyl (C=O) groups excluding carboxylic acids is 1. The number of amides is 1. The average molecular weight is 535 g/mol. The summed E-state index contributed by atoms with van der Waals surface area (Å²) in [6.45, 7) is 9.67. The van der Waals surface area contributed by atoms with E-state index in [-0.39, 0.29) is 23.6 Å². The van der Waals surface area contributed by atoms with Crippen LogP contribution in [-0.2, 0) is 4.74 Å². The molecule has 3 unspecified atom stereocenters. The number of methoxy groups -OCH3 is 1. The molecule has 1 spiro atoms. The van der Waals surface area contributed by atoms with E-state index in [0.29, 0.717) is 54.0 Å². The van der Waals surface area contributed by atoms with E-state index in [1.54, 1.807) is 24.1 Å². The second-order valence-electron chi connectivity index (χ2n) is 10.9. The first-order chi connectivity index (χ1) is 18.6. The normalized spacial score (nSPS) is 21.2. The van der Waals surface area contributed by atoms with Crippen LogP contribution in [0.4, 0.5) is 16.3 Å². The first-order valence-electron chi connectivity index (χ1n) is 13.4. The maximum atomic E-state index is 13.2. The van der Waals surface area contributed by atoms with Gasteiger partial charge in [0.05, 0.1) is 31.4 Å². The van der Waals surface area contributed by atoms with Gasteiger partial charge in [-0.1, -0.05) is 6.07 Å². The molecule has 1 amide bonds. The Kier molecular flexibility index (Phi) is 7.26. The third-order valence-electron chi connectivity index (χ3n) is 8.13. The van der Waals surface area contributed by atoms with Crippen LogP contribution in [0, 0.1) is 19.3 Å². The van der Waals surface area contributed by atoms with Crippen molar-refractivity contribution in [3.8, 4) is 11.5 Å². The first-order valence-corrected chi connectivity index (χ1v) is 13.4. The second-order valence-corrected chi connectivity index (χ2v) is 10.9. The molecule has 3 heterocycles. The maximum Gasteiger partial charge on any atom is 0.415 e. The number of fused-ring (bicyclic) bond motifs is 1. The van der Waals surface area contributed by atoms with Gasteiger partial charge in [-0.05, 0) is 69.9 Å². The number of likely N-dealkylation sites (tertiary alicyclic amines) is 1. The Morgan fingerprint density at radius 3 is 2.54 bits per heavy atom. The lowest BCUT2D eigenvalue weighted by molar-refractivity contribution is 0.0669. The van der Waals surface area contributed by atoms with Crippen LogP contribution in [0.1, 0.15) is 49.7 Å². The van der Waals surface area contributed by atoms with Gasteiger partial charge >= 0.3 is 6.09 Å². The Morgan fingerprint density at radius 2 is 1.90 bits per heavy atom. The minimum Gasteiger partial charge on any atom is -0.493 e. The molecule has 2 aromatic carbocycles. The summed E-state index contributed by atoms with van der Waals surface area (Å²) in [7, 11) is 1.54. The largest absolute Gasteiger partial charge is 0.493 e. The van der Waals surface area contributed by atoms with Crippen LogP contribution >= 0.6 is 0 Å². The molecule has 0 saturated carbocycles. The summed E-state index contributed by atoms with van der Waals surface area (Å²) in [5, 5.41) is 4.21. The number of hydrogen-bond acceptors (Lipinski definition) is 9. The number of hydrogen-bond donors (Lipinski definition) is 3. The number of nitrogens with zero attached hydrogens (tertiary/aromatic N) is 3. The van der Waals surface area contributed by atoms with Crippen molar-refractivity contribution < 1.29 is 19.0 Å². The topological polar surface area (TPSA) is 138 Å². The van der Waals surface area contributed by atoms with Crippen molar-refractivity contribution in [1.82, 2.24) is 14.9 Å². The summed E-state index contributed by atoms with van der Waals surface area (Å²) in [6.07, 6.45) is 1.18.